The minimum absolute atomic E-state index is 0.0425. The zero-order valence-electron chi connectivity index (χ0n) is 14.6. The number of methoxy groups -OCH3 is 1. The van der Waals surface area contributed by atoms with E-state index < -0.39 is 30.0 Å². The molecule has 4 atom stereocenters. The summed E-state index contributed by atoms with van der Waals surface area (Å²) in [6, 6.07) is -2.37. The first kappa shape index (κ1) is 20.5. The Morgan fingerprint density at radius 2 is 1.79 bits per heavy atom. The van der Waals surface area contributed by atoms with Crippen LogP contribution in [0, 0.1) is 5.92 Å². The van der Waals surface area contributed by atoms with Gasteiger partial charge in [-0.15, -0.1) is 0 Å². The van der Waals surface area contributed by atoms with Crippen LogP contribution in [0.15, 0.2) is 0 Å². The molecule has 0 spiro atoms. The first-order valence-corrected chi connectivity index (χ1v) is 8.17. The topological polar surface area (TPSA) is 131 Å². The monoisotopic (exact) mass is 344 g/mol. The van der Waals surface area contributed by atoms with E-state index in [-0.39, 0.29) is 18.6 Å². The Labute approximate surface area is 142 Å². The van der Waals surface area contributed by atoms with Crippen molar-refractivity contribution < 1.29 is 28.6 Å². The summed E-state index contributed by atoms with van der Waals surface area (Å²) in [5, 5.41) is 0. The van der Waals surface area contributed by atoms with Crippen LogP contribution in [-0.2, 0) is 28.6 Å². The molecule has 0 heterocycles. The van der Waals surface area contributed by atoms with E-state index in [0.717, 1.165) is 19.3 Å². The molecule has 1 fully saturated rings. The predicted molar refractivity (Wildman–Crippen MR) is 85.7 cm³/mol. The number of esters is 3. The summed E-state index contributed by atoms with van der Waals surface area (Å²) in [7, 11) is 1.17. The van der Waals surface area contributed by atoms with E-state index in [9.17, 15) is 14.4 Å². The first-order valence-electron chi connectivity index (χ1n) is 8.17. The normalized spacial score (nSPS) is 26.3. The number of nitrogens with two attached hydrogens (primary N) is 2. The van der Waals surface area contributed by atoms with Crippen molar-refractivity contribution >= 4 is 17.9 Å². The lowest BCUT2D eigenvalue weighted by Crippen LogP contribution is -2.46. The van der Waals surface area contributed by atoms with E-state index in [0.29, 0.717) is 5.92 Å². The highest BCUT2D eigenvalue weighted by atomic mass is 16.6. The molecule has 138 valence electrons. The average molecular weight is 344 g/mol. The second-order valence-electron chi connectivity index (χ2n) is 6.50. The van der Waals surface area contributed by atoms with Crippen LogP contribution in [0.3, 0.4) is 0 Å². The molecular weight excluding hydrogens is 316 g/mol. The lowest BCUT2D eigenvalue weighted by atomic mass is 9.77. The van der Waals surface area contributed by atoms with Crippen molar-refractivity contribution in [1.29, 1.82) is 0 Å². The van der Waals surface area contributed by atoms with Gasteiger partial charge in [0.2, 0.25) is 0 Å². The smallest absolute Gasteiger partial charge is 0.333 e. The lowest BCUT2D eigenvalue weighted by Gasteiger charge is -2.40. The molecule has 1 aliphatic carbocycles. The van der Waals surface area contributed by atoms with Gasteiger partial charge in [0.05, 0.1) is 25.7 Å². The molecule has 0 aromatic carbocycles. The molecule has 0 bridgehead atoms. The van der Waals surface area contributed by atoms with Crippen molar-refractivity contribution in [3.63, 3.8) is 0 Å². The molecule has 0 unspecified atom stereocenters. The van der Waals surface area contributed by atoms with Crippen LogP contribution < -0.4 is 11.5 Å². The Bertz CT molecular complexity index is 469. The van der Waals surface area contributed by atoms with E-state index in [4.69, 9.17) is 16.2 Å². The van der Waals surface area contributed by atoms with Gasteiger partial charge in [-0.05, 0) is 25.7 Å². The van der Waals surface area contributed by atoms with Crippen LogP contribution >= 0.6 is 0 Å². The third-order valence-corrected chi connectivity index (χ3v) is 4.62. The molecule has 1 rings (SSSR count). The molecule has 4 N–H and O–H groups in total. The molecule has 0 amide bonds. The second-order valence-corrected chi connectivity index (χ2v) is 6.50. The summed E-state index contributed by atoms with van der Waals surface area (Å²) < 4.78 is 14.8. The Morgan fingerprint density at radius 1 is 1.17 bits per heavy atom. The lowest BCUT2D eigenvalue weighted by molar-refractivity contribution is -0.165. The van der Waals surface area contributed by atoms with Crippen molar-refractivity contribution in [3.05, 3.63) is 0 Å². The fourth-order valence-corrected chi connectivity index (χ4v) is 2.64. The molecule has 0 saturated heterocycles. The average Bonchev–Trinajstić information content (AvgIpc) is 2.55. The van der Waals surface area contributed by atoms with Crippen LogP contribution in [0.2, 0.25) is 0 Å². The van der Waals surface area contributed by atoms with Crippen LogP contribution in [0.1, 0.15) is 46.0 Å². The van der Waals surface area contributed by atoms with Gasteiger partial charge in [-0.25, -0.2) is 9.59 Å². The molecule has 1 saturated carbocycles. The Balaban J connectivity index is 2.44. The summed E-state index contributed by atoms with van der Waals surface area (Å²) in [6.45, 7) is 4.07. The van der Waals surface area contributed by atoms with E-state index in [1.807, 2.05) is 6.92 Å². The van der Waals surface area contributed by atoms with Gasteiger partial charge in [-0.3, -0.25) is 4.79 Å². The van der Waals surface area contributed by atoms with Crippen molar-refractivity contribution in [2.45, 2.75) is 63.6 Å². The highest BCUT2D eigenvalue weighted by molar-refractivity contribution is 5.92. The highest BCUT2D eigenvalue weighted by Gasteiger charge is 2.36. The Hall–Kier alpha value is -1.51. The van der Waals surface area contributed by atoms with Gasteiger partial charge in [0.25, 0.3) is 0 Å². The summed E-state index contributed by atoms with van der Waals surface area (Å²) >= 11 is 0. The van der Waals surface area contributed by atoms with Crippen molar-refractivity contribution in [2.24, 2.45) is 17.4 Å². The zero-order valence-corrected chi connectivity index (χ0v) is 14.6. The van der Waals surface area contributed by atoms with E-state index in [1.54, 1.807) is 0 Å². The minimum Gasteiger partial charge on any atom is -0.469 e. The van der Waals surface area contributed by atoms with Gasteiger partial charge < -0.3 is 25.7 Å². The van der Waals surface area contributed by atoms with Crippen LogP contribution in [-0.4, -0.2) is 49.3 Å². The molecule has 8 nitrogen and oxygen atoms in total. The number of ether oxygens (including phenoxy) is 3. The summed E-state index contributed by atoms with van der Waals surface area (Å²) in [4.78, 5) is 34.6. The van der Waals surface area contributed by atoms with Crippen LogP contribution in [0.4, 0.5) is 0 Å². The van der Waals surface area contributed by atoms with Gasteiger partial charge in [0.15, 0.2) is 0 Å². The van der Waals surface area contributed by atoms with Gasteiger partial charge in [-0.1, -0.05) is 19.8 Å². The largest absolute Gasteiger partial charge is 0.469 e. The van der Waals surface area contributed by atoms with Crippen molar-refractivity contribution in [2.75, 3.05) is 13.7 Å². The van der Waals surface area contributed by atoms with Gasteiger partial charge in [0.1, 0.15) is 12.1 Å². The fraction of sp³-hybridized carbons (Fsp3) is 0.812. The first-order chi connectivity index (χ1) is 11.2. The van der Waals surface area contributed by atoms with Gasteiger partial charge in [0, 0.05) is 0 Å². The standard InChI is InChI=1S/C16H28N2O6/c1-10-6-4-5-7-16(10,2)23-9-12(18)15(21)24-14(20)11(17)8-13(19)22-3/h10-12H,4-9,17-18H2,1-3H3/t10-,11-,12-,16+/m0/s1. The van der Waals surface area contributed by atoms with Gasteiger partial charge >= 0.3 is 17.9 Å². The van der Waals surface area contributed by atoms with Crippen molar-refractivity contribution in [3.8, 4) is 0 Å². The quantitative estimate of drug-likeness (QED) is 0.496. The summed E-state index contributed by atoms with van der Waals surface area (Å²) in [5.74, 6) is -2.24. The molecule has 8 heteroatoms. The number of carbonyl (C=O) groups excluding carboxylic acids is 3. The van der Waals surface area contributed by atoms with E-state index in [1.165, 1.54) is 13.5 Å². The number of rotatable bonds is 7. The highest BCUT2D eigenvalue weighted by Crippen LogP contribution is 2.36. The van der Waals surface area contributed by atoms with E-state index in [2.05, 4.69) is 16.4 Å². The SMILES string of the molecule is COC(=O)C[C@H](N)C(=O)OC(=O)[C@@H](N)CO[C@]1(C)CCCC[C@@H]1C. The molecule has 0 aromatic heterocycles. The molecule has 24 heavy (non-hydrogen) atoms. The summed E-state index contributed by atoms with van der Waals surface area (Å²) in [6.07, 6.45) is 3.84. The van der Waals surface area contributed by atoms with Crippen LogP contribution in [0.5, 0.6) is 0 Å². The molecule has 0 aliphatic heterocycles. The Morgan fingerprint density at radius 3 is 2.38 bits per heavy atom. The van der Waals surface area contributed by atoms with Gasteiger partial charge in [-0.2, -0.15) is 0 Å². The molecular formula is C16H28N2O6. The van der Waals surface area contributed by atoms with E-state index >= 15 is 0 Å². The molecule has 0 aromatic rings. The third kappa shape index (κ3) is 5.85. The maximum Gasteiger partial charge on any atom is 0.333 e. The maximum atomic E-state index is 11.9. The minimum atomic E-state index is -1.27. The maximum absolute atomic E-state index is 11.9. The fourth-order valence-electron chi connectivity index (χ4n) is 2.64. The summed E-state index contributed by atoms with van der Waals surface area (Å²) in [5.41, 5.74) is 10.9. The number of carbonyl (C=O) groups is 3. The third-order valence-electron chi connectivity index (χ3n) is 4.62. The molecule has 1 aliphatic rings. The number of hydrogen-bond acceptors (Lipinski definition) is 8. The van der Waals surface area contributed by atoms with Crippen LogP contribution in [0.25, 0.3) is 0 Å². The predicted octanol–water partition coefficient (Wildman–Crippen LogP) is 0.259. The Kier molecular flexibility index (Phi) is 7.78. The molecule has 0 radical (unpaired) electrons. The zero-order chi connectivity index (χ0) is 18.3. The second kappa shape index (κ2) is 9.10. The number of hydrogen-bond donors (Lipinski definition) is 2. The van der Waals surface area contributed by atoms with Crippen molar-refractivity contribution in [1.82, 2.24) is 0 Å².